The molecule has 0 spiro atoms. The van der Waals surface area contributed by atoms with E-state index in [0.717, 1.165) is 0 Å². The first-order chi connectivity index (χ1) is 9.88. The molecule has 8 heteroatoms. The van der Waals surface area contributed by atoms with E-state index in [0.29, 0.717) is 17.2 Å². The van der Waals surface area contributed by atoms with Gasteiger partial charge in [-0.2, -0.15) is 0 Å². The number of hydrogen-bond acceptors (Lipinski definition) is 5. The Morgan fingerprint density at radius 2 is 1.90 bits per heavy atom. The summed E-state index contributed by atoms with van der Waals surface area (Å²) in [5.41, 5.74) is 5.93. The molecule has 0 aliphatic carbocycles. The van der Waals surface area contributed by atoms with Gasteiger partial charge in [-0.3, -0.25) is 9.59 Å². The molecule has 0 aromatic heterocycles. The molecule has 1 unspecified atom stereocenters. The van der Waals surface area contributed by atoms with Gasteiger partial charge in [-0.1, -0.05) is 11.6 Å². The van der Waals surface area contributed by atoms with Crippen molar-refractivity contribution in [2.75, 3.05) is 19.5 Å². The van der Waals surface area contributed by atoms with Crippen molar-refractivity contribution in [3.63, 3.8) is 0 Å². The standard InChI is InChI=1S/C13H17ClN2O5/c1-20-10-5-7(14)9(6-11(10)21-2)16-13(19)8(15)3-4-12(17)18/h5-6,8H,3-4,15H2,1-2H3,(H,16,19)(H,17,18). The van der Waals surface area contributed by atoms with E-state index in [1.807, 2.05) is 0 Å². The SMILES string of the molecule is COc1cc(Cl)c(NC(=O)C(N)CCC(=O)O)cc1OC. The predicted octanol–water partition coefficient (Wildman–Crippen LogP) is 1.49. The maximum atomic E-state index is 11.9. The molecule has 0 aliphatic heterocycles. The third kappa shape index (κ3) is 4.80. The largest absolute Gasteiger partial charge is 0.493 e. The normalized spacial score (nSPS) is 11.6. The lowest BCUT2D eigenvalue weighted by Crippen LogP contribution is -2.36. The van der Waals surface area contributed by atoms with Crippen LogP contribution in [0.1, 0.15) is 12.8 Å². The second-order valence-electron chi connectivity index (χ2n) is 4.22. The van der Waals surface area contributed by atoms with Crippen molar-refractivity contribution < 1.29 is 24.2 Å². The first-order valence-electron chi connectivity index (χ1n) is 6.08. The molecule has 0 radical (unpaired) electrons. The molecular weight excluding hydrogens is 300 g/mol. The molecule has 1 atom stereocenters. The zero-order valence-corrected chi connectivity index (χ0v) is 12.4. The summed E-state index contributed by atoms with van der Waals surface area (Å²) in [5, 5.41) is 11.4. The highest BCUT2D eigenvalue weighted by atomic mass is 35.5. The Morgan fingerprint density at radius 3 is 2.43 bits per heavy atom. The molecule has 1 rings (SSSR count). The summed E-state index contributed by atoms with van der Waals surface area (Å²) in [7, 11) is 2.92. The number of amides is 1. The number of ether oxygens (including phenoxy) is 2. The van der Waals surface area contributed by atoms with Gasteiger partial charge in [0.25, 0.3) is 0 Å². The molecule has 1 aromatic rings. The highest BCUT2D eigenvalue weighted by molar-refractivity contribution is 6.34. The number of rotatable bonds is 7. The first-order valence-corrected chi connectivity index (χ1v) is 6.46. The van der Waals surface area contributed by atoms with Crippen LogP contribution in [0.5, 0.6) is 11.5 Å². The molecule has 4 N–H and O–H groups in total. The van der Waals surface area contributed by atoms with E-state index in [9.17, 15) is 9.59 Å². The summed E-state index contributed by atoms with van der Waals surface area (Å²) in [6.07, 6.45) is -0.152. The number of carboxylic acids is 1. The van der Waals surface area contributed by atoms with Crippen LogP contribution < -0.4 is 20.5 Å². The summed E-state index contributed by atoms with van der Waals surface area (Å²) >= 11 is 6.03. The molecular formula is C13H17ClN2O5. The highest BCUT2D eigenvalue weighted by Crippen LogP contribution is 2.36. The molecule has 7 nitrogen and oxygen atoms in total. The van der Waals surface area contributed by atoms with E-state index >= 15 is 0 Å². The minimum absolute atomic E-state index is 0.0338. The predicted molar refractivity (Wildman–Crippen MR) is 78.0 cm³/mol. The van der Waals surface area contributed by atoms with E-state index < -0.39 is 17.9 Å². The molecule has 0 fully saturated rings. The number of benzene rings is 1. The number of carbonyl (C=O) groups is 2. The zero-order chi connectivity index (χ0) is 16.0. The second kappa shape index (κ2) is 7.70. The van der Waals surface area contributed by atoms with Crippen molar-refractivity contribution in [1.82, 2.24) is 0 Å². The molecule has 116 valence electrons. The van der Waals surface area contributed by atoms with Crippen LogP contribution in [0.15, 0.2) is 12.1 Å². The van der Waals surface area contributed by atoms with E-state index in [-0.39, 0.29) is 17.9 Å². The van der Waals surface area contributed by atoms with Gasteiger partial charge in [0.05, 0.1) is 31.0 Å². The van der Waals surface area contributed by atoms with Crippen LogP contribution in [0, 0.1) is 0 Å². The lowest BCUT2D eigenvalue weighted by molar-refractivity contribution is -0.137. The van der Waals surface area contributed by atoms with Gasteiger partial charge in [0.15, 0.2) is 11.5 Å². The van der Waals surface area contributed by atoms with E-state index in [2.05, 4.69) is 5.32 Å². The maximum absolute atomic E-state index is 11.9. The molecule has 0 saturated heterocycles. The van der Waals surface area contributed by atoms with Gasteiger partial charge in [-0.05, 0) is 6.42 Å². The molecule has 0 bridgehead atoms. The monoisotopic (exact) mass is 316 g/mol. The Kier molecular flexibility index (Phi) is 6.26. The Balaban J connectivity index is 2.82. The third-order valence-electron chi connectivity index (χ3n) is 2.74. The number of carbonyl (C=O) groups excluding carboxylic acids is 1. The minimum Gasteiger partial charge on any atom is -0.493 e. The highest BCUT2D eigenvalue weighted by Gasteiger charge is 2.17. The average molecular weight is 317 g/mol. The van der Waals surface area contributed by atoms with E-state index in [4.69, 9.17) is 31.9 Å². The zero-order valence-electron chi connectivity index (χ0n) is 11.7. The number of aliphatic carboxylic acids is 1. The van der Waals surface area contributed by atoms with Gasteiger partial charge >= 0.3 is 5.97 Å². The first kappa shape index (κ1) is 17.1. The van der Waals surface area contributed by atoms with Crippen LogP contribution in [-0.4, -0.2) is 37.2 Å². The third-order valence-corrected chi connectivity index (χ3v) is 3.05. The van der Waals surface area contributed by atoms with Gasteiger partial charge in [-0.15, -0.1) is 0 Å². The second-order valence-corrected chi connectivity index (χ2v) is 4.62. The van der Waals surface area contributed by atoms with Gasteiger partial charge in [-0.25, -0.2) is 0 Å². The van der Waals surface area contributed by atoms with Crippen molar-refractivity contribution in [2.24, 2.45) is 5.73 Å². The Bertz CT molecular complexity index is 536. The fourth-order valence-electron chi connectivity index (χ4n) is 1.59. The van der Waals surface area contributed by atoms with Crippen LogP contribution in [0.25, 0.3) is 0 Å². The summed E-state index contributed by atoms with van der Waals surface area (Å²) in [5.74, 6) is -0.709. The Morgan fingerprint density at radius 1 is 1.33 bits per heavy atom. The number of carboxylic acid groups (broad SMARTS) is 1. The van der Waals surface area contributed by atoms with Crippen LogP contribution in [0.2, 0.25) is 5.02 Å². The smallest absolute Gasteiger partial charge is 0.303 e. The quantitative estimate of drug-likeness (QED) is 0.702. The van der Waals surface area contributed by atoms with Crippen LogP contribution in [0.4, 0.5) is 5.69 Å². The fraction of sp³-hybridized carbons (Fsp3) is 0.385. The summed E-state index contributed by atoms with van der Waals surface area (Å²) in [6.45, 7) is 0. The molecule has 0 aliphatic rings. The van der Waals surface area contributed by atoms with Crippen molar-refractivity contribution in [3.05, 3.63) is 17.2 Å². The number of nitrogens with two attached hydrogens (primary N) is 1. The number of hydrogen-bond donors (Lipinski definition) is 3. The minimum atomic E-state index is -1.01. The van der Waals surface area contributed by atoms with Crippen LogP contribution >= 0.6 is 11.6 Å². The van der Waals surface area contributed by atoms with Crippen molar-refractivity contribution >= 4 is 29.2 Å². The topological polar surface area (TPSA) is 111 Å². The Labute approximate surface area is 127 Å². The summed E-state index contributed by atoms with van der Waals surface area (Å²) < 4.78 is 10.2. The molecule has 1 amide bonds. The molecule has 1 aromatic carbocycles. The number of anilines is 1. The van der Waals surface area contributed by atoms with Crippen molar-refractivity contribution in [1.29, 1.82) is 0 Å². The van der Waals surface area contributed by atoms with Gasteiger partial charge in [0, 0.05) is 18.6 Å². The van der Waals surface area contributed by atoms with Crippen LogP contribution in [-0.2, 0) is 9.59 Å². The number of halogens is 1. The van der Waals surface area contributed by atoms with Crippen molar-refractivity contribution in [2.45, 2.75) is 18.9 Å². The van der Waals surface area contributed by atoms with Crippen LogP contribution in [0.3, 0.4) is 0 Å². The van der Waals surface area contributed by atoms with E-state index in [1.165, 1.54) is 26.4 Å². The molecule has 21 heavy (non-hydrogen) atoms. The molecule has 0 heterocycles. The van der Waals surface area contributed by atoms with Gasteiger partial charge in [0.2, 0.25) is 5.91 Å². The number of nitrogens with one attached hydrogen (secondary N) is 1. The lowest BCUT2D eigenvalue weighted by atomic mass is 10.1. The van der Waals surface area contributed by atoms with Gasteiger partial charge < -0.3 is 25.6 Å². The van der Waals surface area contributed by atoms with Crippen molar-refractivity contribution in [3.8, 4) is 11.5 Å². The average Bonchev–Trinajstić information content (AvgIpc) is 2.45. The maximum Gasteiger partial charge on any atom is 0.303 e. The Hall–Kier alpha value is -1.99. The molecule has 0 saturated carbocycles. The number of methoxy groups -OCH3 is 2. The lowest BCUT2D eigenvalue weighted by Gasteiger charge is -2.15. The summed E-state index contributed by atoms with van der Waals surface area (Å²) in [4.78, 5) is 22.3. The van der Waals surface area contributed by atoms with Gasteiger partial charge in [0.1, 0.15) is 0 Å². The van der Waals surface area contributed by atoms with E-state index in [1.54, 1.807) is 0 Å². The fourth-order valence-corrected chi connectivity index (χ4v) is 1.79. The summed E-state index contributed by atoms with van der Waals surface area (Å²) in [6, 6.07) is 2.06.